The number of imidazole rings is 2. The minimum absolute atomic E-state index is 0.226. The van der Waals surface area contributed by atoms with Gasteiger partial charge in [0, 0.05) is 51.4 Å². The highest BCUT2D eigenvalue weighted by Crippen LogP contribution is 2.29. The number of primary amides is 2. The number of carbonyl (C=O) groups is 5. The number of hydrogen-bond acceptors (Lipinski definition) is 9. The Labute approximate surface area is 356 Å². The van der Waals surface area contributed by atoms with E-state index in [1.165, 1.54) is 0 Å². The van der Waals surface area contributed by atoms with Crippen molar-refractivity contribution in [3.05, 3.63) is 98.7 Å². The number of hydrogen-bond donors (Lipinski definition) is 4. The summed E-state index contributed by atoms with van der Waals surface area (Å²) >= 11 is 0. The van der Waals surface area contributed by atoms with Crippen LogP contribution < -0.4 is 33.2 Å². The molecule has 0 saturated carbocycles. The maximum atomic E-state index is 13.9. The molecular weight excluding hydrogens is 799 g/mol. The van der Waals surface area contributed by atoms with Crippen LogP contribution in [0.15, 0.2) is 63.6 Å². The zero-order chi connectivity index (χ0) is 45.6. The van der Waals surface area contributed by atoms with Gasteiger partial charge in [-0.25, -0.2) is 0 Å². The number of carbonyl (C=O) groups excluding carboxylic acids is 4. The third-order valence-corrected chi connectivity index (χ3v) is 10.3. The Hall–Kier alpha value is -7.35. The van der Waals surface area contributed by atoms with E-state index in [-0.39, 0.29) is 31.7 Å². The molecule has 0 fully saturated rings. The second-order valence-corrected chi connectivity index (χ2v) is 14.6. The van der Waals surface area contributed by atoms with Gasteiger partial charge in [-0.3, -0.25) is 33.3 Å². The lowest BCUT2D eigenvalue weighted by Gasteiger charge is -2.14. The number of benzene rings is 2. The standard InChI is InChI=1S/C41H51N13O5.CH2O2/c1-9-53-32(16-25(5)47-53)38(57)45-40-49(7)30-18-27(36(43)55)12-13-29(30)51(40)21-23(3)24(4)22-52-35-31(19-28(37(44)56)20-34(35)59-15-11-14-42)50(8)41(52)46-39(58)33-17-26(6)48-54(33)10-2;2-1-3/h12-13,16-20H,9-11,14-15,21-22,42H2,1-8H3,(H2,43,55)(H2,44,56);1H,(H,2,3)/b24-23+,45-40?,46-41?;. The number of nitrogens with two attached hydrogens (primary N) is 3. The summed E-state index contributed by atoms with van der Waals surface area (Å²) in [7, 11) is 3.54. The third kappa shape index (κ3) is 9.34. The van der Waals surface area contributed by atoms with E-state index in [1.54, 1.807) is 75.1 Å². The Bertz CT molecular complexity index is 2900. The van der Waals surface area contributed by atoms with Gasteiger partial charge in [-0.05, 0) is 97.0 Å². The average molecular weight is 852 g/mol. The molecule has 4 heterocycles. The molecule has 0 aliphatic heterocycles. The van der Waals surface area contributed by atoms with E-state index in [1.807, 2.05) is 50.7 Å². The summed E-state index contributed by atoms with van der Waals surface area (Å²) < 4.78 is 16.7. The first-order valence-corrected chi connectivity index (χ1v) is 19.8. The molecule has 7 N–H and O–H groups in total. The van der Waals surface area contributed by atoms with E-state index in [9.17, 15) is 19.2 Å². The van der Waals surface area contributed by atoms with Crippen molar-refractivity contribution in [2.24, 2.45) is 41.3 Å². The Morgan fingerprint density at radius 3 is 1.73 bits per heavy atom. The number of allylic oxidation sites excluding steroid dienone is 2. The molecule has 62 heavy (non-hydrogen) atoms. The molecular formula is C42H53N13O7. The molecule has 2 aromatic carbocycles. The number of rotatable bonds is 14. The molecule has 328 valence electrons. The minimum Gasteiger partial charge on any atom is -0.491 e. The minimum atomic E-state index is -0.642. The zero-order valence-corrected chi connectivity index (χ0v) is 36.2. The first-order valence-electron chi connectivity index (χ1n) is 19.8. The van der Waals surface area contributed by atoms with Gasteiger partial charge in [0.2, 0.25) is 23.1 Å². The molecule has 0 aliphatic rings. The van der Waals surface area contributed by atoms with Gasteiger partial charge in [-0.15, -0.1) is 0 Å². The molecule has 4 aromatic heterocycles. The molecule has 4 amide bonds. The Kier molecular flexibility index (Phi) is 14.3. The van der Waals surface area contributed by atoms with Gasteiger partial charge in [-0.2, -0.15) is 20.2 Å². The number of aryl methyl sites for hydroxylation is 6. The lowest BCUT2D eigenvalue weighted by Crippen LogP contribution is -2.28. The van der Waals surface area contributed by atoms with E-state index >= 15 is 0 Å². The molecule has 0 aliphatic carbocycles. The maximum Gasteiger partial charge on any atom is 0.298 e. The van der Waals surface area contributed by atoms with Gasteiger partial charge in [0.1, 0.15) is 22.7 Å². The first-order chi connectivity index (χ1) is 29.5. The summed E-state index contributed by atoms with van der Waals surface area (Å²) in [6.07, 6.45) is 0.558. The molecule has 0 atom stereocenters. The van der Waals surface area contributed by atoms with Crippen molar-refractivity contribution in [2.45, 2.75) is 74.1 Å². The highest BCUT2D eigenvalue weighted by atomic mass is 16.5. The van der Waals surface area contributed by atoms with E-state index in [2.05, 4.69) is 20.2 Å². The molecule has 0 radical (unpaired) electrons. The Morgan fingerprint density at radius 2 is 1.23 bits per heavy atom. The van der Waals surface area contributed by atoms with Crippen LogP contribution in [0.1, 0.15) is 87.2 Å². The largest absolute Gasteiger partial charge is 0.491 e. The van der Waals surface area contributed by atoms with Gasteiger partial charge in [-0.1, -0.05) is 11.1 Å². The normalized spacial score (nSPS) is 12.4. The topological polar surface area (TPSA) is 273 Å². The van der Waals surface area contributed by atoms with Crippen molar-refractivity contribution >= 4 is 52.2 Å². The smallest absolute Gasteiger partial charge is 0.298 e. The quantitative estimate of drug-likeness (QED) is 0.0706. The van der Waals surface area contributed by atoms with Crippen LogP contribution in [0, 0.1) is 13.8 Å². The van der Waals surface area contributed by atoms with Gasteiger partial charge in [0.25, 0.3) is 18.3 Å². The first kappa shape index (κ1) is 45.7. The molecule has 0 spiro atoms. The van der Waals surface area contributed by atoms with Crippen molar-refractivity contribution < 1.29 is 33.8 Å². The molecule has 0 saturated heterocycles. The highest BCUT2D eigenvalue weighted by Gasteiger charge is 2.22. The van der Waals surface area contributed by atoms with Gasteiger partial charge >= 0.3 is 0 Å². The fourth-order valence-corrected chi connectivity index (χ4v) is 7.13. The molecule has 20 heteroatoms. The van der Waals surface area contributed by atoms with Crippen LogP contribution in [-0.2, 0) is 45.1 Å². The van der Waals surface area contributed by atoms with Crippen molar-refractivity contribution in [3.63, 3.8) is 0 Å². The summed E-state index contributed by atoms with van der Waals surface area (Å²) in [6.45, 7) is 13.3. The lowest BCUT2D eigenvalue weighted by molar-refractivity contribution is -0.122. The molecule has 20 nitrogen and oxygen atoms in total. The summed E-state index contributed by atoms with van der Waals surface area (Å²) in [5.41, 5.74) is 24.8. The van der Waals surface area contributed by atoms with Crippen LogP contribution in [0.5, 0.6) is 5.75 Å². The predicted molar refractivity (Wildman–Crippen MR) is 230 cm³/mol. The molecule has 0 unspecified atom stereocenters. The molecule has 6 aromatic rings. The van der Waals surface area contributed by atoms with Gasteiger partial charge in [0.15, 0.2) is 0 Å². The van der Waals surface area contributed by atoms with Crippen molar-refractivity contribution in [1.29, 1.82) is 0 Å². The third-order valence-electron chi connectivity index (χ3n) is 10.3. The number of nitrogens with zero attached hydrogens (tertiary/aromatic N) is 10. The molecule has 6 rings (SSSR count). The average Bonchev–Trinajstić information content (AvgIpc) is 3.96. The number of amides is 4. The second-order valence-electron chi connectivity index (χ2n) is 14.6. The van der Waals surface area contributed by atoms with E-state index in [0.29, 0.717) is 93.4 Å². The van der Waals surface area contributed by atoms with Crippen LogP contribution in [-0.4, -0.2) is 86.2 Å². The Balaban J connectivity index is 0.00000235. The van der Waals surface area contributed by atoms with Crippen molar-refractivity contribution in [2.75, 3.05) is 13.2 Å². The SMILES string of the molecule is CCn1nc(C)cc1C(=O)N=c1n(C)c2cc(C(N)=O)ccc2n1C/C(C)=C(\C)Cn1c(=NC(=O)c2cc(C)nn2CC)n(C)c2cc(C(N)=O)cc(OCCCN)c21.O=CO. The maximum absolute atomic E-state index is 13.9. The van der Waals surface area contributed by atoms with E-state index < -0.39 is 23.6 Å². The van der Waals surface area contributed by atoms with Crippen LogP contribution in [0.3, 0.4) is 0 Å². The number of aromatic nitrogens is 8. The summed E-state index contributed by atoms with van der Waals surface area (Å²) in [5, 5.41) is 15.8. The monoisotopic (exact) mass is 851 g/mol. The fraction of sp³-hybridized carbons (Fsp3) is 0.357. The van der Waals surface area contributed by atoms with Gasteiger partial charge < -0.3 is 45.3 Å². The number of ether oxygens (including phenoxy) is 1. The Morgan fingerprint density at radius 1 is 0.742 bits per heavy atom. The second kappa shape index (κ2) is 19.4. The number of fused-ring (bicyclic) bond motifs is 2. The van der Waals surface area contributed by atoms with E-state index in [4.69, 9.17) is 31.8 Å². The summed E-state index contributed by atoms with van der Waals surface area (Å²) in [5.74, 6) is -1.82. The summed E-state index contributed by atoms with van der Waals surface area (Å²) in [6, 6.07) is 11.8. The van der Waals surface area contributed by atoms with Crippen LogP contribution in [0.2, 0.25) is 0 Å². The van der Waals surface area contributed by atoms with Crippen LogP contribution in [0.4, 0.5) is 0 Å². The van der Waals surface area contributed by atoms with E-state index in [0.717, 1.165) is 11.1 Å². The van der Waals surface area contributed by atoms with Crippen molar-refractivity contribution in [3.8, 4) is 5.75 Å². The van der Waals surface area contributed by atoms with Crippen LogP contribution >= 0.6 is 0 Å². The zero-order valence-electron chi connectivity index (χ0n) is 36.2. The highest BCUT2D eigenvalue weighted by molar-refractivity contribution is 5.99. The number of carboxylic acid groups (broad SMARTS) is 1. The molecule has 0 bridgehead atoms. The van der Waals surface area contributed by atoms with Crippen molar-refractivity contribution in [1.82, 2.24) is 37.8 Å². The van der Waals surface area contributed by atoms with Crippen LogP contribution in [0.25, 0.3) is 22.1 Å². The fourth-order valence-electron chi connectivity index (χ4n) is 7.13. The van der Waals surface area contributed by atoms with Gasteiger partial charge in [0.05, 0.1) is 34.5 Å². The summed E-state index contributed by atoms with van der Waals surface area (Å²) in [4.78, 5) is 70.1. The lowest BCUT2D eigenvalue weighted by atomic mass is 10.1. The predicted octanol–water partition coefficient (Wildman–Crippen LogP) is 2.47.